The van der Waals surface area contributed by atoms with Gasteiger partial charge in [-0.3, -0.25) is 4.79 Å². The van der Waals surface area contributed by atoms with Crippen molar-refractivity contribution in [1.29, 1.82) is 0 Å². The van der Waals surface area contributed by atoms with E-state index >= 15 is 0 Å². The average Bonchev–Trinajstić information content (AvgIpc) is 2.45. The molecule has 1 N–H and O–H groups in total. The fourth-order valence-corrected chi connectivity index (χ4v) is 1.42. The van der Waals surface area contributed by atoms with Gasteiger partial charge in [-0.25, -0.2) is 0 Å². The van der Waals surface area contributed by atoms with Crippen molar-refractivity contribution in [3.05, 3.63) is 0 Å². The Kier molecular flexibility index (Phi) is 3.05. The average molecular weight is 173 g/mol. The van der Waals surface area contributed by atoms with E-state index in [-0.39, 0.29) is 12.0 Å². The minimum atomic E-state index is -0.523. The molecular weight excluding hydrogens is 158 g/mol. The number of aliphatic hydroxyl groups excluding tert-OH is 1. The minimum absolute atomic E-state index is 0.0774. The van der Waals surface area contributed by atoms with Crippen LogP contribution in [0.3, 0.4) is 0 Å². The quantitative estimate of drug-likeness (QED) is 0.619. The first-order valence-electron chi connectivity index (χ1n) is 4.17. The first-order chi connectivity index (χ1) is 5.69. The van der Waals surface area contributed by atoms with Gasteiger partial charge in [0.05, 0.1) is 6.10 Å². The Hall–Kier alpha value is -0.610. The Morgan fingerprint density at radius 3 is 2.75 bits per heavy atom. The van der Waals surface area contributed by atoms with Crippen LogP contribution in [-0.2, 0) is 9.53 Å². The molecule has 1 fully saturated rings. The molecule has 0 aromatic rings. The summed E-state index contributed by atoms with van der Waals surface area (Å²) in [7, 11) is 1.55. The first kappa shape index (κ1) is 9.48. The molecule has 0 spiro atoms. The number of hydrogen-bond acceptors (Lipinski definition) is 3. The van der Waals surface area contributed by atoms with Crippen LogP contribution in [0.1, 0.15) is 13.3 Å². The van der Waals surface area contributed by atoms with Crippen molar-refractivity contribution in [2.24, 2.45) is 0 Å². The second kappa shape index (κ2) is 3.87. The number of ether oxygens (including phenoxy) is 1. The monoisotopic (exact) mass is 173 g/mol. The molecule has 1 amide bonds. The summed E-state index contributed by atoms with van der Waals surface area (Å²) in [6.07, 6.45) is -0.241. The summed E-state index contributed by atoms with van der Waals surface area (Å²) >= 11 is 0. The highest BCUT2D eigenvalue weighted by molar-refractivity contribution is 5.76. The zero-order valence-corrected chi connectivity index (χ0v) is 7.49. The van der Waals surface area contributed by atoms with Crippen molar-refractivity contribution in [3.63, 3.8) is 0 Å². The maximum absolute atomic E-state index is 11.2. The molecule has 0 bridgehead atoms. The van der Waals surface area contributed by atoms with Crippen LogP contribution in [0.5, 0.6) is 0 Å². The van der Waals surface area contributed by atoms with E-state index in [1.165, 1.54) is 0 Å². The van der Waals surface area contributed by atoms with E-state index in [1.54, 1.807) is 12.0 Å². The fourth-order valence-electron chi connectivity index (χ4n) is 1.42. The molecule has 0 aromatic heterocycles. The molecule has 12 heavy (non-hydrogen) atoms. The van der Waals surface area contributed by atoms with Crippen LogP contribution in [0.15, 0.2) is 0 Å². The maximum Gasteiger partial charge on any atom is 0.222 e. The molecule has 70 valence electrons. The maximum atomic E-state index is 11.2. The Bertz CT molecular complexity index is 172. The van der Waals surface area contributed by atoms with Crippen LogP contribution in [0.4, 0.5) is 0 Å². The SMILES string of the molecule is CCC(=O)N1C[C@@H](O)[C@H](OC)C1. The van der Waals surface area contributed by atoms with Crippen LogP contribution in [-0.4, -0.2) is 48.3 Å². The predicted molar refractivity (Wildman–Crippen MR) is 43.7 cm³/mol. The van der Waals surface area contributed by atoms with Crippen molar-refractivity contribution in [1.82, 2.24) is 4.90 Å². The molecule has 1 heterocycles. The van der Waals surface area contributed by atoms with Gasteiger partial charge in [0.25, 0.3) is 0 Å². The van der Waals surface area contributed by atoms with Gasteiger partial charge >= 0.3 is 0 Å². The molecule has 0 unspecified atom stereocenters. The van der Waals surface area contributed by atoms with E-state index in [0.717, 1.165) is 0 Å². The number of carbonyl (C=O) groups is 1. The fraction of sp³-hybridized carbons (Fsp3) is 0.875. The second-order valence-corrected chi connectivity index (χ2v) is 2.99. The molecule has 0 saturated carbocycles. The lowest BCUT2D eigenvalue weighted by Crippen LogP contribution is -2.29. The van der Waals surface area contributed by atoms with Crippen molar-refractivity contribution in [3.8, 4) is 0 Å². The van der Waals surface area contributed by atoms with E-state index in [2.05, 4.69) is 0 Å². The van der Waals surface area contributed by atoms with Crippen LogP contribution in [0, 0.1) is 0 Å². The van der Waals surface area contributed by atoms with Gasteiger partial charge in [0, 0.05) is 26.6 Å². The van der Waals surface area contributed by atoms with E-state index in [1.807, 2.05) is 6.92 Å². The second-order valence-electron chi connectivity index (χ2n) is 2.99. The summed E-state index contributed by atoms with van der Waals surface area (Å²) in [5.74, 6) is 0.0774. The number of nitrogens with zero attached hydrogens (tertiary/aromatic N) is 1. The summed E-state index contributed by atoms with van der Waals surface area (Å²) in [5, 5.41) is 9.38. The number of β-amino-alcohol motifs (C(OH)–C–C–N with tert-alkyl or cyclic N) is 1. The largest absolute Gasteiger partial charge is 0.388 e. The molecule has 1 rings (SSSR count). The third kappa shape index (κ3) is 1.76. The molecule has 2 atom stereocenters. The number of hydrogen-bond donors (Lipinski definition) is 1. The highest BCUT2D eigenvalue weighted by Crippen LogP contribution is 2.13. The molecule has 1 aliphatic heterocycles. The molecule has 1 saturated heterocycles. The number of carbonyl (C=O) groups excluding carboxylic acids is 1. The van der Waals surface area contributed by atoms with Gasteiger partial charge in [0.2, 0.25) is 5.91 Å². The van der Waals surface area contributed by atoms with Gasteiger partial charge in [0.15, 0.2) is 0 Å². The molecule has 4 nitrogen and oxygen atoms in total. The molecule has 0 radical (unpaired) electrons. The highest BCUT2D eigenvalue weighted by Gasteiger charge is 2.33. The number of amides is 1. The molecule has 4 heteroatoms. The zero-order chi connectivity index (χ0) is 9.14. The lowest BCUT2D eigenvalue weighted by molar-refractivity contribution is -0.130. The van der Waals surface area contributed by atoms with Gasteiger partial charge in [-0.15, -0.1) is 0 Å². The molecule has 0 aliphatic carbocycles. The van der Waals surface area contributed by atoms with Crippen molar-refractivity contribution < 1.29 is 14.6 Å². The van der Waals surface area contributed by atoms with E-state index in [4.69, 9.17) is 4.74 Å². The standard InChI is InChI=1S/C8H15NO3/c1-3-8(11)9-4-6(10)7(5-9)12-2/h6-7,10H,3-5H2,1-2H3/t6-,7-/m1/s1. The number of aliphatic hydroxyl groups is 1. The van der Waals surface area contributed by atoms with Crippen molar-refractivity contribution in [2.45, 2.75) is 25.6 Å². The summed E-state index contributed by atoms with van der Waals surface area (Å²) in [4.78, 5) is 12.8. The molecule has 1 aliphatic rings. The summed E-state index contributed by atoms with van der Waals surface area (Å²) < 4.78 is 5.00. The lowest BCUT2D eigenvalue weighted by Gasteiger charge is -2.13. The summed E-state index contributed by atoms with van der Waals surface area (Å²) in [6, 6.07) is 0. The number of likely N-dealkylation sites (tertiary alicyclic amines) is 1. The van der Waals surface area contributed by atoms with Gasteiger partial charge in [-0.2, -0.15) is 0 Å². The Morgan fingerprint density at radius 1 is 1.67 bits per heavy atom. The van der Waals surface area contributed by atoms with Crippen LogP contribution in [0.25, 0.3) is 0 Å². The normalized spacial score (nSPS) is 29.4. The third-order valence-corrected chi connectivity index (χ3v) is 2.19. The van der Waals surface area contributed by atoms with E-state index in [9.17, 15) is 9.90 Å². The van der Waals surface area contributed by atoms with Gasteiger partial charge in [0.1, 0.15) is 6.10 Å². The van der Waals surface area contributed by atoms with Gasteiger partial charge in [-0.1, -0.05) is 6.92 Å². The van der Waals surface area contributed by atoms with Gasteiger partial charge in [-0.05, 0) is 0 Å². The highest BCUT2D eigenvalue weighted by atomic mass is 16.5. The van der Waals surface area contributed by atoms with Crippen molar-refractivity contribution >= 4 is 5.91 Å². The van der Waals surface area contributed by atoms with Crippen LogP contribution in [0.2, 0.25) is 0 Å². The van der Waals surface area contributed by atoms with Crippen molar-refractivity contribution in [2.75, 3.05) is 20.2 Å². The predicted octanol–water partition coefficient (Wildman–Crippen LogP) is -0.386. The molecular formula is C8H15NO3. The number of rotatable bonds is 2. The van der Waals surface area contributed by atoms with Crippen LogP contribution < -0.4 is 0 Å². The van der Waals surface area contributed by atoms with Gasteiger partial charge < -0.3 is 14.7 Å². The summed E-state index contributed by atoms with van der Waals surface area (Å²) in [6.45, 7) is 2.74. The minimum Gasteiger partial charge on any atom is -0.388 e. The van der Waals surface area contributed by atoms with E-state index in [0.29, 0.717) is 19.5 Å². The zero-order valence-electron chi connectivity index (χ0n) is 7.49. The van der Waals surface area contributed by atoms with Crippen LogP contribution >= 0.6 is 0 Å². The topological polar surface area (TPSA) is 49.8 Å². The Balaban J connectivity index is 2.48. The Morgan fingerprint density at radius 2 is 2.33 bits per heavy atom. The molecule has 0 aromatic carbocycles. The summed E-state index contributed by atoms with van der Waals surface area (Å²) in [5.41, 5.74) is 0. The number of methoxy groups -OCH3 is 1. The first-order valence-corrected chi connectivity index (χ1v) is 4.17. The van der Waals surface area contributed by atoms with E-state index < -0.39 is 6.10 Å². The lowest BCUT2D eigenvalue weighted by atomic mass is 10.3. The smallest absolute Gasteiger partial charge is 0.222 e. The Labute approximate surface area is 72.1 Å². The third-order valence-electron chi connectivity index (χ3n) is 2.19.